The Kier molecular flexibility index (Phi) is 9.12. The van der Waals surface area contributed by atoms with E-state index in [4.69, 9.17) is 9.72 Å². The number of fused-ring (bicyclic) bond motifs is 1. The quantitative estimate of drug-likeness (QED) is 0.197. The molecule has 7 nitrogen and oxygen atoms in total. The van der Waals surface area contributed by atoms with Crippen LogP contribution in [0.4, 0.5) is 10.1 Å². The van der Waals surface area contributed by atoms with Crippen LogP contribution in [0.5, 0.6) is 5.75 Å². The maximum absolute atomic E-state index is 13.5. The highest BCUT2D eigenvalue weighted by atomic mass is 79.9. The molecule has 0 saturated heterocycles. The van der Waals surface area contributed by atoms with Crippen molar-refractivity contribution in [1.29, 1.82) is 0 Å². The second-order valence-corrected chi connectivity index (χ2v) is 12.1. The van der Waals surface area contributed by atoms with E-state index in [9.17, 15) is 14.0 Å². The van der Waals surface area contributed by atoms with Crippen molar-refractivity contribution in [2.45, 2.75) is 38.0 Å². The second-order valence-electron chi connectivity index (χ2n) is 9.49. The molecule has 40 heavy (non-hydrogen) atoms. The predicted octanol–water partition coefficient (Wildman–Crippen LogP) is 7.77. The van der Waals surface area contributed by atoms with Gasteiger partial charge in [0.1, 0.15) is 17.4 Å². The number of hydrogen-bond acceptors (Lipinski definition) is 5. The Bertz CT molecular complexity index is 1630. The van der Waals surface area contributed by atoms with Gasteiger partial charge in [-0.05, 0) is 105 Å². The van der Waals surface area contributed by atoms with E-state index in [1.165, 1.54) is 35.4 Å². The highest BCUT2D eigenvalue weighted by Crippen LogP contribution is 2.35. The van der Waals surface area contributed by atoms with Crippen molar-refractivity contribution in [2.75, 3.05) is 11.9 Å². The molecule has 1 fully saturated rings. The minimum atomic E-state index is -0.388. The van der Waals surface area contributed by atoms with Gasteiger partial charge in [-0.3, -0.25) is 9.59 Å². The molecule has 0 spiro atoms. The van der Waals surface area contributed by atoms with Crippen molar-refractivity contribution in [2.24, 2.45) is 5.10 Å². The molecular formula is C29H24Br3FN4O3. The molecule has 1 aliphatic rings. The Morgan fingerprint density at radius 3 is 2.45 bits per heavy atom. The maximum atomic E-state index is 13.5. The molecule has 1 heterocycles. The largest absolute Gasteiger partial charge is 0.481 e. The first-order valence-electron chi connectivity index (χ1n) is 12.7. The van der Waals surface area contributed by atoms with Crippen molar-refractivity contribution in [3.63, 3.8) is 0 Å². The number of nitrogens with zero attached hydrogens (tertiary/aromatic N) is 3. The number of nitrogens with one attached hydrogen (secondary N) is 1. The normalized spacial score (nSPS) is 14.1. The number of hydrogen-bond donors (Lipinski definition) is 1. The van der Waals surface area contributed by atoms with E-state index in [0.29, 0.717) is 42.7 Å². The van der Waals surface area contributed by atoms with Gasteiger partial charge < -0.3 is 10.1 Å². The maximum Gasteiger partial charge on any atom is 0.282 e. The summed E-state index contributed by atoms with van der Waals surface area (Å²) >= 11 is 10.5. The lowest BCUT2D eigenvalue weighted by Gasteiger charge is -2.22. The van der Waals surface area contributed by atoms with Crippen LogP contribution < -0.4 is 15.6 Å². The van der Waals surface area contributed by atoms with Crippen LogP contribution in [0, 0.1) is 5.82 Å². The molecule has 1 N–H and O–H groups in total. The lowest BCUT2D eigenvalue weighted by molar-refractivity contribution is -0.118. The van der Waals surface area contributed by atoms with Gasteiger partial charge in [0.15, 0.2) is 6.61 Å². The van der Waals surface area contributed by atoms with Crippen LogP contribution in [0.15, 0.2) is 77.9 Å². The molecule has 0 unspecified atom stereocenters. The third-order valence-electron chi connectivity index (χ3n) is 6.62. The van der Waals surface area contributed by atoms with Crippen LogP contribution in [0.25, 0.3) is 10.9 Å². The van der Waals surface area contributed by atoms with Crippen molar-refractivity contribution in [3.8, 4) is 5.75 Å². The van der Waals surface area contributed by atoms with Crippen LogP contribution in [0.1, 0.15) is 49.4 Å². The predicted molar refractivity (Wildman–Crippen MR) is 165 cm³/mol. The van der Waals surface area contributed by atoms with E-state index in [-0.39, 0.29) is 29.8 Å². The van der Waals surface area contributed by atoms with Crippen molar-refractivity contribution >= 4 is 76.5 Å². The number of aromatic nitrogens is 2. The summed E-state index contributed by atoms with van der Waals surface area (Å²) < 4.78 is 22.2. The van der Waals surface area contributed by atoms with E-state index >= 15 is 0 Å². The molecule has 11 heteroatoms. The summed E-state index contributed by atoms with van der Waals surface area (Å²) in [6, 6.07) is 14.6. The van der Waals surface area contributed by atoms with Gasteiger partial charge in [0.2, 0.25) is 0 Å². The summed E-state index contributed by atoms with van der Waals surface area (Å²) in [7, 11) is 0. The van der Waals surface area contributed by atoms with E-state index in [1.807, 2.05) is 12.1 Å². The molecule has 0 radical (unpaired) electrons. The summed E-state index contributed by atoms with van der Waals surface area (Å²) in [6.45, 7) is -0.250. The summed E-state index contributed by atoms with van der Waals surface area (Å²) in [5.74, 6) is 0.513. The lowest BCUT2D eigenvalue weighted by Crippen LogP contribution is -2.25. The molecular weight excluding hydrogens is 711 g/mol. The summed E-state index contributed by atoms with van der Waals surface area (Å²) in [6.07, 6.45) is 6.95. The minimum absolute atomic E-state index is 0.168. The zero-order chi connectivity index (χ0) is 28.2. The zero-order valence-electron chi connectivity index (χ0n) is 21.2. The third kappa shape index (κ3) is 6.70. The highest BCUT2D eigenvalue weighted by Gasteiger charge is 2.22. The Balaban J connectivity index is 1.38. The first-order chi connectivity index (χ1) is 19.3. The number of ether oxygens (including phenoxy) is 1. The molecule has 0 bridgehead atoms. The van der Waals surface area contributed by atoms with Crippen LogP contribution in [-0.2, 0) is 4.79 Å². The fourth-order valence-electron chi connectivity index (χ4n) is 4.69. The molecule has 3 aromatic carbocycles. The SMILES string of the molecule is O=C(COc1c(Br)cc(C=Nn2c(C3CCCCC3)nc3ccc(Br)cc3c2=O)cc1Br)Nc1ccc(F)cc1. The Morgan fingerprint density at radius 2 is 1.75 bits per heavy atom. The molecule has 206 valence electrons. The summed E-state index contributed by atoms with van der Waals surface area (Å²) in [5.41, 5.74) is 1.62. The first kappa shape index (κ1) is 28.6. The van der Waals surface area contributed by atoms with Gasteiger partial charge in [-0.25, -0.2) is 9.37 Å². The van der Waals surface area contributed by atoms with E-state index < -0.39 is 0 Å². The second kappa shape index (κ2) is 12.7. The number of benzene rings is 3. The molecule has 5 rings (SSSR count). The number of carbonyl (C=O) groups excluding carboxylic acids is 1. The Morgan fingerprint density at radius 1 is 1.05 bits per heavy atom. The average molecular weight is 735 g/mol. The molecule has 0 atom stereocenters. The Labute approximate surface area is 255 Å². The molecule has 1 aromatic heterocycles. The van der Waals surface area contributed by atoms with Gasteiger partial charge in [-0.15, -0.1) is 0 Å². The monoisotopic (exact) mass is 732 g/mol. The van der Waals surface area contributed by atoms with Gasteiger partial charge in [-0.2, -0.15) is 9.78 Å². The van der Waals surface area contributed by atoms with Gasteiger partial charge in [0.25, 0.3) is 11.5 Å². The number of amides is 1. The summed E-state index contributed by atoms with van der Waals surface area (Å²) in [5, 5.41) is 7.75. The molecule has 1 amide bonds. The first-order valence-corrected chi connectivity index (χ1v) is 15.1. The number of rotatable bonds is 7. The number of halogens is 4. The summed E-state index contributed by atoms with van der Waals surface area (Å²) in [4.78, 5) is 30.7. The Hall–Kier alpha value is -2.89. The van der Waals surface area contributed by atoms with Crippen LogP contribution in [0.3, 0.4) is 0 Å². The molecule has 1 saturated carbocycles. The molecule has 4 aromatic rings. The minimum Gasteiger partial charge on any atom is -0.481 e. The standard InChI is InChI=1S/C29H24Br3FN4O3/c30-19-6-11-25-22(14-19)29(39)37(28(36-25)18-4-2-1-3-5-18)34-15-17-12-23(31)27(24(32)13-17)40-16-26(38)35-21-9-7-20(33)8-10-21/h6-15,18H,1-5,16H2,(H,35,38). The third-order valence-corrected chi connectivity index (χ3v) is 8.29. The van der Waals surface area contributed by atoms with Gasteiger partial charge in [0, 0.05) is 16.1 Å². The number of carbonyl (C=O) groups is 1. The van der Waals surface area contributed by atoms with Crippen molar-refractivity contribution in [3.05, 3.63) is 95.6 Å². The lowest BCUT2D eigenvalue weighted by atomic mass is 9.88. The van der Waals surface area contributed by atoms with Crippen LogP contribution in [-0.4, -0.2) is 28.4 Å². The fraction of sp³-hybridized carbons (Fsp3) is 0.241. The van der Waals surface area contributed by atoms with Crippen molar-refractivity contribution < 1.29 is 13.9 Å². The van der Waals surface area contributed by atoms with Crippen LogP contribution in [0.2, 0.25) is 0 Å². The van der Waals surface area contributed by atoms with E-state index in [2.05, 4.69) is 58.2 Å². The van der Waals surface area contributed by atoms with Gasteiger partial charge in [0.05, 0.1) is 26.1 Å². The van der Waals surface area contributed by atoms with Gasteiger partial charge >= 0.3 is 0 Å². The van der Waals surface area contributed by atoms with Crippen molar-refractivity contribution in [1.82, 2.24) is 9.66 Å². The zero-order valence-corrected chi connectivity index (χ0v) is 25.9. The van der Waals surface area contributed by atoms with E-state index in [0.717, 1.165) is 30.2 Å². The van der Waals surface area contributed by atoms with Gasteiger partial charge in [-0.1, -0.05) is 35.2 Å². The molecule has 1 aliphatic carbocycles. The smallest absolute Gasteiger partial charge is 0.282 e. The molecule has 0 aliphatic heterocycles. The highest BCUT2D eigenvalue weighted by molar-refractivity contribution is 9.11. The topological polar surface area (TPSA) is 85.6 Å². The average Bonchev–Trinajstić information content (AvgIpc) is 2.94. The van der Waals surface area contributed by atoms with Crippen LogP contribution >= 0.6 is 47.8 Å². The van der Waals surface area contributed by atoms with E-state index in [1.54, 1.807) is 24.4 Å². The number of anilines is 1. The fourth-order valence-corrected chi connectivity index (χ4v) is 6.50.